The molecule has 2 heterocycles. The molecule has 0 spiro atoms. The largest absolute Gasteiger partial charge is 0.494 e. The summed E-state index contributed by atoms with van der Waals surface area (Å²) in [6, 6.07) is 15.9. The SMILES string of the molecule is O=c1scc(O)n1Cc1ccc(Cc2ccc(Cn3c(O)csc3=O)cc2)cc1. The molecule has 0 atom stereocenters. The molecule has 0 saturated carbocycles. The van der Waals surface area contributed by atoms with Gasteiger partial charge in [0.1, 0.15) is 0 Å². The maximum Gasteiger partial charge on any atom is 0.310 e. The average molecular weight is 427 g/mol. The maximum absolute atomic E-state index is 11.7. The minimum absolute atomic E-state index is 0.0119. The van der Waals surface area contributed by atoms with E-state index in [1.807, 2.05) is 48.5 Å². The van der Waals surface area contributed by atoms with Crippen LogP contribution < -0.4 is 9.75 Å². The molecule has 4 aromatic rings. The minimum atomic E-state index is -0.176. The number of aromatic hydroxyl groups is 2. The topological polar surface area (TPSA) is 84.5 Å². The van der Waals surface area contributed by atoms with Crippen LogP contribution >= 0.6 is 22.7 Å². The molecule has 0 amide bonds. The summed E-state index contributed by atoms with van der Waals surface area (Å²) in [5.74, 6) is -0.0237. The zero-order chi connectivity index (χ0) is 20.4. The average Bonchev–Trinajstić information content (AvgIpc) is 3.21. The van der Waals surface area contributed by atoms with Crippen molar-refractivity contribution >= 4 is 22.7 Å². The fourth-order valence-electron chi connectivity index (χ4n) is 3.06. The first-order valence-electron chi connectivity index (χ1n) is 8.90. The van der Waals surface area contributed by atoms with E-state index in [4.69, 9.17) is 0 Å². The predicted octanol–water partition coefficient (Wildman–Crippen LogP) is 3.23. The number of rotatable bonds is 6. The van der Waals surface area contributed by atoms with Gasteiger partial charge in [-0.15, -0.1) is 0 Å². The lowest BCUT2D eigenvalue weighted by atomic mass is 10.0. The number of benzene rings is 2. The lowest BCUT2D eigenvalue weighted by Gasteiger charge is -2.08. The maximum atomic E-state index is 11.7. The molecule has 0 fully saturated rings. The van der Waals surface area contributed by atoms with Crippen LogP contribution in [0, 0.1) is 0 Å². The van der Waals surface area contributed by atoms with Crippen molar-refractivity contribution in [3.63, 3.8) is 0 Å². The summed E-state index contributed by atoms with van der Waals surface area (Å²) in [5, 5.41) is 22.3. The van der Waals surface area contributed by atoms with Gasteiger partial charge >= 0.3 is 9.75 Å². The van der Waals surface area contributed by atoms with E-state index in [1.54, 1.807) is 0 Å². The second-order valence-corrected chi connectivity index (χ2v) is 8.34. The van der Waals surface area contributed by atoms with Crippen LogP contribution in [-0.4, -0.2) is 19.3 Å². The molecule has 0 radical (unpaired) electrons. The molecule has 0 aliphatic heterocycles. The van der Waals surface area contributed by atoms with Crippen LogP contribution in [0.3, 0.4) is 0 Å². The summed E-state index contributed by atoms with van der Waals surface area (Å²) in [6.07, 6.45) is 0.758. The Balaban J connectivity index is 1.41. The van der Waals surface area contributed by atoms with Crippen molar-refractivity contribution in [2.45, 2.75) is 19.5 Å². The molecule has 4 rings (SSSR count). The smallest absolute Gasteiger partial charge is 0.310 e. The van der Waals surface area contributed by atoms with Crippen molar-refractivity contribution in [3.05, 3.63) is 101 Å². The van der Waals surface area contributed by atoms with E-state index >= 15 is 0 Å². The highest BCUT2D eigenvalue weighted by atomic mass is 32.1. The number of thiazole rings is 2. The number of aromatic nitrogens is 2. The van der Waals surface area contributed by atoms with Gasteiger partial charge in [0.25, 0.3) is 0 Å². The van der Waals surface area contributed by atoms with Crippen molar-refractivity contribution in [3.8, 4) is 11.8 Å². The molecule has 2 aromatic heterocycles. The molecule has 0 bridgehead atoms. The summed E-state index contributed by atoms with van der Waals surface area (Å²) >= 11 is 1.97. The van der Waals surface area contributed by atoms with Crippen LogP contribution in [0.15, 0.2) is 68.9 Å². The van der Waals surface area contributed by atoms with E-state index in [9.17, 15) is 19.8 Å². The summed E-state index contributed by atoms with van der Waals surface area (Å²) in [7, 11) is 0. The van der Waals surface area contributed by atoms with Crippen molar-refractivity contribution in [1.29, 1.82) is 0 Å². The Morgan fingerprint density at radius 2 is 0.966 bits per heavy atom. The molecular formula is C21H18N2O4S2. The lowest BCUT2D eigenvalue weighted by molar-refractivity contribution is 0.421. The van der Waals surface area contributed by atoms with E-state index in [-0.39, 0.29) is 21.5 Å². The van der Waals surface area contributed by atoms with Gasteiger partial charge in [-0.1, -0.05) is 71.2 Å². The lowest BCUT2D eigenvalue weighted by Crippen LogP contribution is -2.13. The molecule has 0 unspecified atom stereocenters. The van der Waals surface area contributed by atoms with Gasteiger partial charge in [0.15, 0.2) is 0 Å². The van der Waals surface area contributed by atoms with Crippen molar-refractivity contribution < 1.29 is 10.2 Å². The van der Waals surface area contributed by atoms with E-state index in [2.05, 4.69) is 0 Å². The van der Waals surface area contributed by atoms with Crippen LogP contribution in [0.1, 0.15) is 22.3 Å². The van der Waals surface area contributed by atoms with E-state index < -0.39 is 0 Å². The Labute approximate surface area is 174 Å². The van der Waals surface area contributed by atoms with Gasteiger partial charge in [-0.25, -0.2) is 0 Å². The Morgan fingerprint density at radius 3 is 1.28 bits per heavy atom. The molecule has 6 nitrogen and oxygen atoms in total. The third kappa shape index (κ3) is 4.33. The molecule has 148 valence electrons. The monoisotopic (exact) mass is 426 g/mol. The van der Waals surface area contributed by atoms with Crippen molar-refractivity contribution in [2.75, 3.05) is 0 Å². The second-order valence-electron chi connectivity index (χ2n) is 6.70. The summed E-state index contributed by atoms with van der Waals surface area (Å²) in [6.45, 7) is 0.690. The second kappa shape index (κ2) is 8.10. The van der Waals surface area contributed by atoms with Crippen LogP contribution in [0.2, 0.25) is 0 Å². The first-order valence-corrected chi connectivity index (χ1v) is 10.7. The first kappa shape index (κ1) is 19.2. The fourth-order valence-corrected chi connectivity index (χ4v) is 4.30. The van der Waals surface area contributed by atoms with Crippen LogP contribution in [-0.2, 0) is 19.5 Å². The Bertz CT molecular complexity index is 1130. The normalized spacial score (nSPS) is 11.0. The molecule has 2 N–H and O–H groups in total. The van der Waals surface area contributed by atoms with Gasteiger partial charge in [-0.2, -0.15) is 0 Å². The number of hydrogen-bond donors (Lipinski definition) is 2. The summed E-state index contributed by atoms with van der Waals surface area (Å²) < 4.78 is 2.68. The van der Waals surface area contributed by atoms with Crippen LogP contribution in [0.4, 0.5) is 0 Å². The molecule has 29 heavy (non-hydrogen) atoms. The number of hydrogen-bond acceptors (Lipinski definition) is 6. The van der Waals surface area contributed by atoms with Gasteiger partial charge in [0.05, 0.1) is 23.8 Å². The third-order valence-corrected chi connectivity index (χ3v) is 6.16. The highest BCUT2D eigenvalue weighted by Gasteiger charge is 2.07. The Kier molecular flexibility index (Phi) is 5.37. The highest BCUT2D eigenvalue weighted by molar-refractivity contribution is 7.07. The van der Waals surface area contributed by atoms with Crippen LogP contribution in [0.25, 0.3) is 0 Å². The Hall–Kier alpha value is -3.10. The Morgan fingerprint density at radius 1 is 0.621 bits per heavy atom. The zero-order valence-corrected chi connectivity index (χ0v) is 16.9. The van der Waals surface area contributed by atoms with Gasteiger partial charge in [0.2, 0.25) is 11.8 Å². The van der Waals surface area contributed by atoms with Crippen molar-refractivity contribution in [1.82, 2.24) is 9.13 Å². The summed E-state index contributed by atoms with van der Waals surface area (Å²) in [4.78, 5) is 23.1. The standard InChI is InChI=1S/C21H18N2O4S2/c24-18-12-28-20(26)22(18)10-16-5-1-14(2-6-16)9-15-3-7-17(8-4-15)11-23-19(25)13-29-21(23)27/h1-8,12-13,24-25H,9-11H2. The zero-order valence-electron chi connectivity index (χ0n) is 15.3. The predicted molar refractivity (Wildman–Crippen MR) is 114 cm³/mol. The molecule has 0 saturated heterocycles. The molecule has 0 aliphatic carbocycles. The van der Waals surface area contributed by atoms with E-state index in [0.717, 1.165) is 51.3 Å². The van der Waals surface area contributed by atoms with Crippen LogP contribution in [0.5, 0.6) is 11.8 Å². The first-order chi connectivity index (χ1) is 14.0. The van der Waals surface area contributed by atoms with Gasteiger partial charge in [0, 0.05) is 0 Å². The quantitative estimate of drug-likeness (QED) is 0.496. The molecule has 2 aromatic carbocycles. The molecule has 0 aliphatic rings. The third-order valence-electron chi connectivity index (χ3n) is 4.66. The highest BCUT2D eigenvalue weighted by Crippen LogP contribution is 2.17. The minimum Gasteiger partial charge on any atom is -0.494 e. The van der Waals surface area contributed by atoms with Gasteiger partial charge < -0.3 is 10.2 Å². The van der Waals surface area contributed by atoms with E-state index in [0.29, 0.717) is 13.1 Å². The number of nitrogens with zero attached hydrogens (tertiary/aromatic N) is 2. The molecular weight excluding hydrogens is 408 g/mol. The fraction of sp³-hybridized carbons (Fsp3) is 0.143. The van der Waals surface area contributed by atoms with Crippen molar-refractivity contribution in [2.24, 2.45) is 0 Å². The molecule has 8 heteroatoms. The summed E-state index contributed by atoms with van der Waals surface area (Å²) in [5.41, 5.74) is 4.16. The van der Waals surface area contributed by atoms with Gasteiger partial charge in [-0.3, -0.25) is 18.7 Å². The van der Waals surface area contributed by atoms with Gasteiger partial charge in [-0.05, 0) is 28.7 Å². The van der Waals surface area contributed by atoms with E-state index in [1.165, 1.54) is 19.9 Å².